The van der Waals surface area contributed by atoms with Gasteiger partial charge < -0.3 is 25.2 Å². The van der Waals surface area contributed by atoms with Crippen molar-refractivity contribution in [2.24, 2.45) is 0 Å². The molecule has 3 rings (SSSR count). The number of hydrogen-bond acceptors (Lipinski definition) is 6. The topological polar surface area (TPSA) is 111 Å². The maximum absolute atomic E-state index is 12.0. The Hall–Kier alpha value is -3.43. The maximum atomic E-state index is 12.0. The lowest BCUT2D eigenvalue weighted by atomic mass is 10.2. The summed E-state index contributed by atoms with van der Waals surface area (Å²) in [5, 5.41) is 19.3. The van der Waals surface area contributed by atoms with Crippen LogP contribution in [-0.2, 0) is 11.3 Å². The Balaban J connectivity index is 1.35. The molecule has 0 saturated carbocycles. The molecule has 3 N–H and O–H groups in total. The fourth-order valence-electron chi connectivity index (χ4n) is 2.48. The first-order valence-corrected chi connectivity index (χ1v) is 9.03. The first kappa shape index (κ1) is 20.3. The number of urea groups is 1. The third-order valence-corrected chi connectivity index (χ3v) is 3.98. The van der Waals surface area contributed by atoms with Crippen molar-refractivity contribution >= 4 is 11.7 Å². The number of methoxy groups -OCH3 is 1. The number of aromatic nitrogens is 3. The largest absolute Gasteiger partial charge is 0.497 e. The van der Waals surface area contributed by atoms with Gasteiger partial charge in [-0.05, 0) is 35.9 Å². The molecule has 0 aliphatic carbocycles. The van der Waals surface area contributed by atoms with Gasteiger partial charge in [-0.2, -0.15) is 5.10 Å². The first-order chi connectivity index (χ1) is 14.1. The molecule has 0 fully saturated rings. The number of amides is 2. The van der Waals surface area contributed by atoms with Crippen LogP contribution in [0.5, 0.6) is 5.75 Å². The molecular formula is C20H23N5O4. The molecule has 152 valence electrons. The van der Waals surface area contributed by atoms with Crippen LogP contribution in [0.4, 0.5) is 10.5 Å². The maximum Gasteiger partial charge on any atom is 0.319 e. The molecule has 0 saturated heterocycles. The number of pyridine rings is 1. The highest BCUT2D eigenvalue weighted by Crippen LogP contribution is 2.12. The van der Waals surface area contributed by atoms with Crippen molar-refractivity contribution in [3.05, 3.63) is 66.6 Å². The summed E-state index contributed by atoms with van der Waals surface area (Å²) in [6.07, 6.45) is 4.15. The average molecular weight is 397 g/mol. The van der Waals surface area contributed by atoms with Crippen LogP contribution in [0.25, 0.3) is 5.82 Å². The van der Waals surface area contributed by atoms with Crippen LogP contribution in [0, 0.1) is 0 Å². The Labute approximate surface area is 168 Å². The van der Waals surface area contributed by atoms with E-state index >= 15 is 0 Å². The van der Waals surface area contributed by atoms with Crippen LogP contribution in [0.2, 0.25) is 0 Å². The molecule has 1 atom stereocenters. The molecule has 9 nitrogen and oxygen atoms in total. The molecule has 9 heteroatoms. The summed E-state index contributed by atoms with van der Waals surface area (Å²) in [7, 11) is 1.61. The van der Waals surface area contributed by atoms with E-state index in [4.69, 9.17) is 9.47 Å². The summed E-state index contributed by atoms with van der Waals surface area (Å²) in [5.74, 6) is 1.42. The van der Waals surface area contributed by atoms with Gasteiger partial charge in [-0.15, -0.1) is 0 Å². The van der Waals surface area contributed by atoms with E-state index in [-0.39, 0.29) is 13.2 Å². The predicted octanol–water partition coefficient (Wildman–Crippen LogP) is 1.98. The lowest BCUT2D eigenvalue weighted by Gasteiger charge is -2.13. The molecular weight excluding hydrogens is 374 g/mol. The minimum Gasteiger partial charge on any atom is -0.497 e. The zero-order chi connectivity index (χ0) is 20.5. The van der Waals surface area contributed by atoms with Gasteiger partial charge in [0.05, 0.1) is 38.3 Å². The summed E-state index contributed by atoms with van der Waals surface area (Å²) in [6, 6.07) is 12.3. The zero-order valence-electron chi connectivity index (χ0n) is 16.0. The molecule has 3 aromatic rings. The number of hydrogen-bond donors (Lipinski definition) is 3. The molecule has 2 amide bonds. The second kappa shape index (κ2) is 10.2. The van der Waals surface area contributed by atoms with Crippen LogP contribution < -0.4 is 15.4 Å². The fraction of sp³-hybridized carbons (Fsp3) is 0.250. The van der Waals surface area contributed by atoms with Crippen molar-refractivity contribution in [2.75, 3.05) is 25.6 Å². The van der Waals surface area contributed by atoms with Gasteiger partial charge >= 0.3 is 6.03 Å². The van der Waals surface area contributed by atoms with Crippen LogP contribution in [0.1, 0.15) is 5.56 Å². The van der Waals surface area contributed by atoms with Crippen LogP contribution in [-0.4, -0.2) is 52.3 Å². The number of aliphatic hydroxyl groups excluding tert-OH is 1. The quantitative estimate of drug-likeness (QED) is 0.509. The SMILES string of the molecule is COc1ccc(COCC(O)CNC(=O)Nc2ccc(-n3cccn3)nc2)cc1. The molecule has 0 aliphatic heterocycles. The molecule has 1 aromatic carbocycles. The summed E-state index contributed by atoms with van der Waals surface area (Å²) >= 11 is 0. The van der Waals surface area contributed by atoms with Gasteiger partial charge in [0.15, 0.2) is 5.82 Å². The van der Waals surface area contributed by atoms with E-state index in [1.54, 1.807) is 42.4 Å². The lowest BCUT2D eigenvalue weighted by molar-refractivity contribution is 0.0302. The van der Waals surface area contributed by atoms with E-state index in [9.17, 15) is 9.90 Å². The monoisotopic (exact) mass is 397 g/mol. The van der Waals surface area contributed by atoms with Crippen LogP contribution in [0.15, 0.2) is 61.1 Å². The van der Waals surface area contributed by atoms with Gasteiger partial charge in [0.1, 0.15) is 5.75 Å². The van der Waals surface area contributed by atoms with E-state index in [2.05, 4.69) is 20.7 Å². The summed E-state index contributed by atoms with van der Waals surface area (Å²) in [6.45, 7) is 0.529. The number of anilines is 1. The minimum atomic E-state index is -0.820. The normalized spacial score (nSPS) is 11.7. The summed E-state index contributed by atoms with van der Waals surface area (Å²) in [4.78, 5) is 16.2. The molecule has 29 heavy (non-hydrogen) atoms. The number of aliphatic hydroxyl groups is 1. The number of rotatable bonds is 9. The van der Waals surface area contributed by atoms with E-state index < -0.39 is 12.1 Å². The zero-order valence-corrected chi connectivity index (χ0v) is 16.0. The standard InChI is InChI=1S/C20H23N5O4/c1-28-18-6-3-15(4-7-18)13-29-14-17(26)12-22-20(27)24-16-5-8-19(21-11-16)25-10-2-9-23-25/h2-11,17,26H,12-14H2,1H3,(H2,22,24,27). The molecule has 2 heterocycles. The Morgan fingerprint density at radius 3 is 2.72 bits per heavy atom. The van der Waals surface area contributed by atoms with Crippen LogP contribution >= 0.6 is 0 Å². The summed E-state index contributed by atoms with van der Waals surface area (Å²) < 4.78 is 12.2. The molecule has 1 unspecified atom stereocenters. The Morgan fingerprint density at radius 1 is 1.24 bits per heavy atom. The number of nitrogens with zero attached hydrogens (tertiary/aromatic N) is 3. The second-order valence-electron chi connectivity index (χ2n) is 6.21. The molecule has 0 radical (unpaired) electrons. The second-order valence-corrected chi connectivity index (χ2v) is 6.21. The van der Waals surface area contributed by atoms with Gasteiger partial charge in [-0.1, -0.05) is 12.1 Å². The highest BCUT2D eigenvalue weighted by atomic mass is 16.5. The third kappa shape index (κ3) is 6.30. The minimum absolute atomic E-state index is 0.0627. The van der Waals surface area contributed by atoms with Crippen LogP contribution in [0.3, 0.4) is 0 Å². The number of nitrogens with one attached hydrogen (secondary N) is 2. The fourth-order valence-corrected chi connectivity index (χ4v) is 2.48. The van der Waals surface area contributed by atoms with Crippen molar-refractivity contribution in [2.45, 2.75) is 12.7 Å². The molecule has 0 bridgehead atoms. The molecule has 0 spiro atoms. The Bertz CT molecular complexity index is 882. The number of carbonyl (C=O) groups excluding carboxylic acids is 1. The van der Waals surface area contributed by atoms with Gasteiger partial charge in [-0.3, -0.25) is 0 Å². The van der Waals surface area contributed by atoms with Crippen molar-refractivity contribution in [3.63, 3.8) is 0 Å². The van der Waals surface area contributed by atoms with E-state index in [1.807, 2.05) is 24.3 Å². The Morgan fingerprint density at radius 2 is 2.07 bits per heavy atom. The number of carbonyl (C=O) groups is 1. The highest BCUT2D eigenvalue weighted by molar-refractivity contribution is 5.89. The predicted molar refractivity (Wildman–Crippen MR) is 107 cm³/mol. The van der Waals surface area contributed by atoms with Gasteiger partial charge in [0.25, 0.3) is 0 Å². The van der Waals surface area contributed by atoms with Gasteiger partial charge in [0, 0.05) is 18.9 Å². The van der Waals surface area contributed by atoms with Crippen molar-refractivity contribution < 1.29 is 19.4 Å². The molecule has 2 aromatic heterocycles. The molecule has 0 aliphatic rings. The van der Waals surface area contributed by atoms with Gasteiger partial charge in [-0.25, -0.2) is 14.5 Å². The van der Waals surface area contributed by atoms with Crippen molar-refractivity contribution in [1.29, 1.82) is 0 Å². The van der Waals surface area contributed by atoms with E-state index in [1.165, 1.54) is 6.20 Å². The average Bonchev–Trinajstić information content (AvgIpc) is 3.28. The van der Waals surface area contributed by atoms with Crippen molar-refractivity contribution in [1.82, 2.24) is 20.1 Å². The first-order valence-electron chi connectivity index (χ1n) is 9.03. The highest BCUT2D eigenvalue weighted by Gasteiger charge is 2.08. The van der Waals surface area contributed by atoms with E-state index in [0.29, 0.717) is 18.1 Å². The van der Waals surface area contributed by atoms with Gasteiger partial charge in [0.2, 0.25) is 0 Å². The smallest absolute Gasteiger partial charge is 0.319 e. The lowest BCUT2D eigenvalue weighted by Crippen LogP contribution is -2.37. The number of ether oxygens (including phenoxy) is 2. The number of benzene rings is 1. The van der Waals surface area contributed by atoms with E-state index in [0.717, 1.165) is 11.3 Å². The summed E-state index contributed by atoms with van der Waals surface area (Å²) in [5.41, 5.74) is 1.50. The third-order valence-electron chi connectivity index (χ3n) is 3.98. The Kier molecular flexibility index (Phi) is 7.15. The van der Waals surface area contributed by atoms with Crippen molar-refractivity contribution in [3.8, 4) is 11.6 Å².